The number of carbonyl (C=O) groups is 2. The normalized spacial score (nSPS) is 15.7. The highest BCUT2D eigenvalue weighted by Gasteiger charge is 2.25. The molecule has 144 valence electrons. The van der Waals surface area contributed by atoms with Crippen LogP contribution in [0, 0.1) is 0 Å². The molecule has 0 bridgehead atoms. The summed E-state index contributed by atoms with van der Waals surface area (Å²) in [5.74, 6) is -0.376. The van der Waals surface area contributed by atoms with E-state index in [1.807, 2.05) is 30.3 Å². The van der Waals surface area contributed by atoms with Gasteiger partial charge in [-0.1, -0.05) is 36.4 Å². The van der Waals surface area contributed by atoms with E-state index in [4.69, 9.17) is 0 Å². The highest BCUT2D eigenvalue weighted by Crippen LogP contribution is 2.19. The summed E-state index contributed by atoms with van der Waals surface area (Å²) in [5, 5.41) is 4.50. The second-order valence-electron chi connectivity index (χ2n) is 6.23. The van der Waals surface area contributed by atoms with Crippen molar-refractivity contribution >= 4 is 33.2 Å². The van der Waals surface area contributed by atoms with E-state index in [0.717, 1.165) is 23.3 Å². The quantitative estimate of drug-likeness (QED) is 0.693. The number of thiophene rings is 1. The largest absolute Gasteiger partial charge is 0.346 e. The van der Waals surface area contributed by atoms with E-state index >= 15 is 0 Å². The topological polar surface area (TPSA) is 95.6 Å². The zero-order chi connectivity index (χ0) is 19.3. The molecule has 1 aromatic carbocycles. The van der Waals surface area contributed by atoms with Gasteiger partial charge >= 0.3 is 0 Å². The van der Waals surface area contributed by atoms with Gasteiger partial charge in [-0.2, -0.15) is 0 Å². The van der Waals surface area contributed by atoms with Gasteiger partial charge in [0.1, 0.15) is 4.21 Å². The second-order valence-corrected chi connectivity index (χ2v) is 9.17. The average Bonchev–Trinajstić information content (AvgIpc) is 3.33. The molecule has 1 atom stereocenters. The van der Waals surface area contributed by atoms with Gasteiger partial charge in [0, 0.05) is 19.5 Å². The minimum atomic E-state index is -3.70. The van der Waals surface area contributed by atoms with E-state index in [1.165, 1.54) is 6.07 Å². The second kappa shape index (κ2) is 8.64. The lowest BCUT2D eigenvalue weighted by atomic mass is 10.1. The molecule has 2 N–H and O–H groups in total. The Hall–Kier alpha value is -2.23. The van der Waals surface area contributed by atoms with E-state index in [9.17, 15) is 18.0 Å². The monoisotopic (exact) mass is 407 g/mol. The van der Waals surface area contributed by atoms with Crippen LogP contribution >= 0.6 is 11.3 Å². The third-order valence-electron chi connectivity index (χ3n) is 4.29. The molecule has 0 saturated carbocycles. The first-order valence-corrected chi connectivity index (χ1v) is 11.0. The van der Waals surface area contributed by atoms with Crippen molar-refractivity contribution in [2.24, 2.45) is 0 Å². The van der Waals surface area contributed by atoms with Crippen LogP contribution in [-0.4, -0.2) is 44.8 Å². The summed E-state index contributed by atoms with van der Waals surface area (Å²) in [6, 6.07) is 12.1. The maximum absolute atomic E-state index is 12.4. The van der Waals surface area contributed by atoms with Crippen LogP contribution in [-0.2, 0) is 19.6 Å². The Labute approximate surface area is 162 Å². The Bertz CT molecular complexity index is 883. The highest BCUT2D eigenvalue weighted by atomic mass is 32.2. The number of rotatable bonds is 8. The molecule has 2 amide bonds. The van der Waals surface area contributed by atoms with Crippen molar-refractivity contribution < 1.29 is 18.0 Å². The molecule has 1 saturated heterocycles. The molecule has 0 aliphatic carbocycles. The molecule has 0 radical (unpaired) electrons. The molecule has 1 fully saturated rings. The number of nitrogens with one attached hydrogen (secondary N) is 2. The van der Waals surface area contributed by atoms with Gasteiger partial charge in [0.25, 0.3) is 10.0 Å². The van der Waals surface area contributed by atoms with Crippen molar-refractivity contribution in [2.45, 2.75) is 23.1 Å². The molecule has 0 spiro atoms. The van der Waals surface area contributed by atoms with Gasteiger partial charge in [-0.3, -0.25) is 9.59 Å². The highest BCUT2D eigenvalue weighted by molar-refractivity contribution is 7.91. The average molecular weight is 408 g/mol. The Balaban J connectivity index is 1.64. The molecule has 2 heterocycles. The number of sulfonamides is 1. The number of hydrogen-bond acceptors (Lipinski definition) is 5. The first kappa shape index (κ1) is 19.5. The zero-order valence-electron chi connectivity index (χ0n) is 14.6. The molecule has 1 unspecified atom stereocenters. The number of hydrogen-bond donors (Lipinski definition) is 2. The van der Waals surface area contributed by atoms with E-state index in [0.29, 0.717) is 19.5 Å². The SMILES string of the molecule is O=C(CNS(=O)(=O)c1cccs1)NC(CN1CCCC1=O)c1ccccc1. The van der Waals surface area contributed by atoms with Gasteiger partial charge in [0.2, 0.25) is 11.8 Å². The summed E-state index contributed by atoms with van der Waals surface area (Å²) < 4.78 is 26.8. The van der Waals surface area contributed by atoms with Crippen molar-refractivity contribution in [2.75, 3.05) is 19.6 Å². The molecule has 1 aliphatic heterocycles. The fourth-order valence-electron chi connectivity index (χ4n) is 2.93. The summed E-state index contributed by atoms with van der Waals surface area (Å²) in [6.45, 7) is 0.673. The van der Waals surface area contributed by atoms with Gasteiger partial charge in [-0.05, 0) is 23.4 Å². The summed E-state index contributed by atoms with van der Waals surface area (Å²) in [4.78, 5) is 26.0. The summed E-state index contributed by atoms with van der Waals surface area (Å²) in [6.07, 6.45) is 1.34. The molecule has 27 heavy (non-hydrogen) atoms. The summed E-state index contributed by atoms with van der Waals surface area (Å²) in [7, 11) is -3.70. The van der Waals surface area contributed by atoms with E-state index in [-0.39, 0.29) is 16.7 Å². The van der Waals surface area contributed by atoms with Crippen molar-refractivity contribution in [3.63, 3.8) is 0 Å². The summed E-state index contributed by atoms with van der Waals surface area (Å²) in [5.41, 5.74) is 0.867. The van der Waals surface area contributed by atoms with Crippen molar-refractivity contribution in [1.29, 1.82) is 0 Å². The van der Waals surface area contributed by atoms with Crippen LogP contribution in [0.3, 0.4) is 0 Å². The van der Waals surface area contributed by atoms with Crippen molar-refractivity contribution in [3.8, 4) is 0 Å². The molecular formula is C18H21N3O4S2. The van der Waals surface area contributed by atoms with E-state index < -0.39 is 22.0 Å². The number of amides is 2. The molecule has 3 rings (SSSR count). The standard InChI is InChI=1S/C18H21N3O4S2/c22-16(12-19-27(24,25)18-9-5-11-26-18)20-15(14-6-2-1-3-7-14)13-21-10-4-8-17(21)23/h1-3,5-7,9,11,15,19H,4,8,10,12-13H2,(H,20,22). The smallest absolute Gasteiger partial charge is 0.250 e. The number of nitrogens with zero attached hydrogens (tertiary/aromatic N) is 1. The van der Waals surface area contributed by atoms with Gasteiger partial charge in [-0.15, -0.1) is 11.3 Å². The lowest BCUT2D eigenvalue weighted by molar-refractivity contribution is -0.129. The van der Waals surface area contributed by atoms with Gasteiger partial charge in [0.05, 0.1) is 12.6 Å². The number of carbonyl (C=O) groups excluding carboxylic acids is 2. The Morgan fingerprint density at radius 3 is 2.59 bits per heavy atom. The predicted molar refractivity (Wildman–Crippen MR) is 103 cm³/mol. The maximum Gasteiger partial charge on any atom is 0.250 e. The molecule has 1 aliphatic rings. The zero-order valence-corrected chi connectivity index (χ0v) is 16.3. The minimum Gasteiger partial charge on any atom is -0.346 e. The number of benzene rings is 1. The van der Waals surface area contributed by atoms with E-state index in [1.54, 1.807) is 16.3 Å². The van der Waals surface area contributed by atoms with Crippen LogP contribution < -0.4 is 10.0 Å². The Morgan fingerprint density at radius 2 is 1.96 bits per heavy atom. The maximum atomic E-state index is 12.4. The first-order chi connectivity index (χ1) is 13.0. The Morgan fingerprint density at radius 1 is 1.19 bits per heavy atom. The third-order valence-corrected chi connectivity index (χ3v) is 7.09. The van der Waals surface area contributed by atoms with Gasteiger partial charge in [-0.25, -0.2) is 13.1 Å². The molecule has 9 heteroatoms. The van der Waals surface area contributed by atoms with E-state index in [2.05, 4.69) is 10.0 Å². The third kappa shape index (κ3) is 5.15. The predicted octanol–water partition coefficient (Wildman–Crippen LogP) is 1.51. The minimum absolute atomic E-state index is 0.0728. The molecule has 2 aromatic rings. The fraction of sp³-hybridized carbons (Fsp3) is 0.333. The number of likely N-dealkylation sites (tertiary alicyclic amines) is 1. The van der Waals surface area contributed by atoms with Gasteiger partial charge < -0.3 is 10.2 Å². The van der Waals surface area contributed by atoms with Crippen LogP contribution in [0.1, 0.15) is 24.4 Å². The molecule has 7 nitrogen and oxygen atoms in total. The summed E-state index contributed by atoms with van der Waals surface area (Å²) >= 11 is 1.09. The molecular weight excluding hydrogens is 386 g/mol. The first-order valence-electron chi connectivity index (χ1n) is 8.61. The lowest BCUT2D eigenvalue weighted by Crippen LogP contribution is -2.42. The van der Waals surface area contributed by atoms with Gasteiger partial charge in [0.15, 0.2) is 0 Å². The van der Waals surface area contributed by atoms with Crippen LogP contribution in [0.4, 0.5) is 0 Å². The Kier molecular flexibility index (Phi) is 6.25. The molecule has 1 aromatic heterocycles. The van der Waals surface area contributed by atoms with Crippen LogP contribution in [0.5, 0.6) is 0 Å². The van der Waals surface area contributed by atoms with Crippen molar-refractivity contribution in [1.82, 2.24) is 14.9 Å². The van der Waals surface area contributed by atoms with Crippen LogP contribution in [0.2, 0.25) is 0 Å². The van der Waals surface area contributed by atoms with Crippen molar-refractivity contribution in [3.05, 3.63) is 53.4 Å². The lowest BCUT2D eigenvalue weighted by Gasteiger charge is -2.25. The fourth-order valence-corrected chi connectivity index (χ4v) is 4.95. The van der Waals surface area contributed by atoms with Crippen LogP contribution in [0.15, 0.2) is 52.1 Å². The van der Waals surface area contributed by atoms with Crippen LogP contribution in [0.25, 0.3) is 0 Å².